The average molecular weight is 1120 g/mol. The Morgan fingerprint density at radius 2 is 0.718 bits per heavy atom. The van der Waals surface area contributed by atoms with Crippen LogP contribution in [0.3, 0.4) is 0 Å². The molecule has 0 aliphatic heterocycles. The van der Waals surface area contributed by atoms with Crippen LogP contribution in [0.5, 0.6) is 0 Å². The van der Waals surface area contributed by atoms with Crippen molar-refractivity contribution in [3.05, 3.63) is 36.5 Å². The van der Waals surface area contributed by atoms with Gasteiger partial charge in [-0.3, -0.25) is 9.36 Å². The van der Waals surface area contributed by atoms with E-state index in [-0.39, 0.29) is 12.5 Å². The third-order valence-electron chi connectivity index (χ3n) is 15.8. The normalized spacial score (nSPS) is 13.9. The molecule has 0 fully saturated rings. The van der Waals surface area contributed by atoms with Gasteiger partial charge < -0.3 is 28.8 Å². The van der Waals surface area contributed by atoms with Crippen LogP contribution in [-0.4, -0.2) is 68.5 Å². The lowest BCUT2D eigenvalue weighted by molar-refractivity contribution is -0.870. The summed E-state index contributed by atoms with van der Waals surface area (Å²) in [7, 11) is 1.25. The van der Waals surface area contributed by atoms with E-state index in [1.54, 1.807) is 6.08 Å². The molecular formula is C69H135N2O6P. The number of phosphoric acid groups is 1. The summed E-state index contributed by atoms with van der Waals surface area (Å²) >= 11 is 0. The Morgan fingerprint density at radius 3 is 1.04 bits per heavy atom. The number of allylic oxidation sites excluding steroid dienone is 5. The fourth-order valence-corrected chi connectivity index (χ4v) is 11.2. The van der Waals surface area contributed by atoms with Crippen molar-refractivity contribution in [2.45, 2.75) is 360 Å². The minimum absolute atomic E-state index is 0.00725. The van der Waals surface area contributed by atoms with E-state index in [1.165, 1.54) is 283 Å². The summed E-state index contributed by atoms with van der Waals surface area (Å²) in [6, 6.07) is -0.909. The number of nitrogens with one attached hydrogen (secondary N) is 1. The van der Waals surface area contributed by atoms with Crippen LogP contribution in [-0.2, 0) is 18.4 Å². The maximum atomic E-state index is 13.0. The highest BCUT2D eigenvalue weighted by Crippen LogP contribution is 2.38. The van der Waals surface area contributed by atoms with Crippen LogP contribution < -0.4 is 10.2 Å². The second-order valence-corrected chi connectivity index (χ2v) is 26.3. The molecule has 462 valence electrons. The molecule has 3 unspecified atom stereocenters. The van der Waals surface area contributed by atoms with Gasteiger partial charge in [0.2, 0.25) is 5.91 Å². The number of aliphatic hydroxyl groups excluding tert-OH is 1. The summed E-state index contributed by atoms with van der Waals surface area (Å²) in [6.45, 7) is 4.67. The first-order chi connectivity index (χ1) is 38.0. The molecule has 0 aromatic carbocycles. The maximum Gasteiger partial charge on any atom is 0.268 e. The first-order valence-corrected chi connectivity index (χ1v) is 35.8. The number of carbonyl (C=O) groups excluding carboxylic acids is 1. The maximum absolute atomic E-state index is 13.0. The van der Waals surface area contributed by atoms with Crippen molar-refractivity contribution in [1.29, 1.82) is 0 Å². The minimum Gasteiger partial charge on any atom is -0.756 e. The largest absolute Gasteiger partial charge is 0.756 e. The van der Waals surface area contributed by atoms with E-state index in [9.17, 15) is 19.4 Å². The number of amides is 1. The van der Waals surface area contributed by atoms with Crippen LogP contribution in [0.4, 0.5) is 0 Å². The molecule has 0 bridgehead atoms. The summed E-state index contributed by atoms with van der Waals surface area (Å²) in [5, 5.41) is 13.9. The fraction of sp³-hybridized carbons (Fsp3) is 0.899. The second-order valence-electron chi connectivity index (χ2n) is 24.9. The molecule has 0 saturated carbocycles. The monoisotopic (exact) mass is 1120 g/mol. The van der Waals surface area contributed by atoms with Crippen molar-refractivity contribution in [3.63, 3.8) is 0 Å². The molecule has 0 aliphatic rings. The molecule has 0 aromatic heterocycles. The first-order valence-electron chi connectivity index (χ1n) is 34.4. The van der Waals surface area contributed by atoms with E-state index in [0.29, 0.717) is 17.4 Å². The van der Waals surface area contributed by atoms with Crippen molar-refractivity contribution in [3.8, 4) is 0 Å². The molecule has 0 saturated heterocycles. The number of likely N-dealkylation sites (N-methyl/N-ethyl adjacent to an activating group) is 1. The zero-order chi connectivity index (χ0) is 57.0. The standard InChI is InChI=1S/C69H135N2O6P/c1-6-8-10-12-14-16-18-20-22-24-26-27-28-29-30-31-32-33-34-35-36-37-38-39-40-41-42-43-45-47-49-51-53-55-57-59-61-63-69(73)70-67(66-77-78(74,75)76-65-64-71(3,4)5)68(72)62-60-58-56-54-52-50-48-46-44-25-23-21-19-17-15-13-11-9-7-2/h44,46,52,54,60,62,67-68,72H,6-43,45,47-51,53,55-59,61,63-66H2,1-5H3,(H-,70,73,74,75)/b46-44+,54-52+,62-60+. The molecule has 0 aliphatic carbocycles. The summed E-state index contributed by atoms with van der Waals surface area (Å²) in [5.74, 6) is -0.204. The van der Waals surface area contributed by atoms with Gasteiger partial charge in [0.05, 0.1) is 39.9 Å². The van der Waals surface area contributed by atoms with E-state index in [2.05, 4.69) is 43.5 Å². The van der Waals surface area contributed by atoms with Gasteiger partial charge in [-0.1, -0.05) is 333 Å². The highest BCUT2D eigenvalue weighted by atomic mass is 31.2. The highest BCUT2D eigenvalue weighted by Gasteiger charge is 2.23. The number of nitrogens with zero attached hydrogens (tertiary/aromatic N) is 1. The van der Waals surface area contributed by atoms with Crippen LogP contribution in [0.25, 0.3) is 0 Å². The SMILES string of the molecule is CCCCCCCCCCC/C=C/CC/C=C/CC/C=C/C(O)C(COP(=O)([O-])OCC[N+](C)(C)C)NC(=O)CCCCCCCCCCCCCCCCCCCCCCCCCCCCCCCCCCCCCCC. The zero-order valence-electron chi connectivity index (χ0n) is 52.9. The number of hydrogen-bond donors (Lipinski definition) is 2. The van der Waals surface area contributed by atoms with Gasteiger partial charge in [-0.25, -0.2) is 0 Å². The highest BCUT2D eigenvalue weighted by molar-refractivity contribution is 7.45. The van der Waals surface area contributed by atoms with Crippen molar-refractivity contribution in [1.82, 2.24) is 5.32 Å². The molecule has 0 spiro atoms. The summed E-state index contributed by atoms with van der Waals surface area (Å²) in [6.07, 6.45) is 80.0. The summed E-state index contributed by atoms with van der Waals surface area (Å²) in [4.78, 5) is 25.6. The van der Waals surface area contributed by atoms with E-state index in [1.807, 2.05) is 27.2 Å². The molecule has 8 nitrogen and oxygen atoms in total. The molecule has 0 aromatic rings. The molecule has 9 heteroatoms. The fourth-order valence-electron chi connectivity index (χ4n) is 10.5. The van der Waals surface area contributed by atoms with Gasteiger partial charge in [-0.05, 0) is 44.9 Å². The predicted octanol–water partition coefficient (Wildman–Crippen LogP) is 21.0. The van der Waals surface area contributed by atoms with E-state index in [4.69, 9.17) is 9.05 Å². The Labute approximate surface area is 487 Å². The second kappa shape index (κ2) is 60.3. The van der Waals surface area contributed by atoms with Gasteiger partial charge in [0.1, 0.15) is 13.2 Å². The topological polar surface area (TPSA) is 108 Å². The number of hydrogen-bond acceptors (Lipinski definition) is 6. The van der Waals surface area contributed by atoms with Crippen molar-refractivity contribution < 1.29 is 32.9 Å². The number of aliphatic hydroxyl groups is 1. The molecule has 78 heavy (non-hydrogen) atoms. The number of rotatable bonds is 64. The summed E-state index contributed by atoms with van der Waals surface area (Å²) < 4.78 is 23.4. The van der Waals surface area contributed by atoms with Gasteiger partial charge in [0.25, 0.3) is 7.82 Å². The van der Waals surface area contributed by atoms with E-state index < -0.39 is 26.6 Å². The van der Waals surface area contributed by atoms with Gasteiger partial charge >= 0.3 is 0 Å². The molecule has 1 amide bonds. The quantitative estimate of drug-likeness (QED) is 0.0272. The summed E-state index contributed by atoms with van der Waals surface area (Å²) in [5.41, 5.74) is 0. The molecule has 2 N–H and O–H groups in total. The number of carbonyl (C=O) groups is 1. The molecular weight excluding hydrogens is 984 g/mol. The number of phosphoric ester groups is 1. The van der Waals surface area contributed by atoms with Crippen LogP contribution in [0.2, 0.25) is 0 Å². The van der Waals surface area contributed by atoms with Crippen LogP contribution in [0.15, 0.2) is 36.5 Å². The van der Waals surface area contributed by atoms with Crippen LogP contribution in [0.1, 0.15) is 348 Å². The Morgan fingerprint density at radius 1 is 0.436 bits per heavy atom. The third-order valence-corrected chi connectivity index (χ3v) is 16.8. The first kappa shape index (κ1) is 76.7. The Bertz CT molecular complexity index is 1360. The van der Waals surface area contributed by atoms with Gasteiger partial charge in [-0.15, -0.1) is 0 Å². The van der Waals surface area contributed by atoms with Crippen LogP contribution in [0, 0.1) is 0 Å². The lowest BCUT2D eigenvalue weighted by Crippen LogP contribution is -2.45. The lowest BCUT2D eigenvalue weighted by Gasteiger charge is -2.29. The van der Waals surface area contributed by atoms with Crippen LogP contribution >= 0.6 is 7.82 Å². The Hall–Kier alpha value is -1.28. The molecule has 0 heterocycles. The molecule has 3 atom stereocenters. The lowest BCUT2D eigenvalue weighted by atomic mass is 10.0. The van der Waals surface area contributed by atoms with E-state index in [0.717, 1.165) is 44.9 Å². The minimum atomic E-state index is -4.61. The number of unbranched alkanes of at least 4 members (excludes halogenated alkanes) is 47. The number of quaternary nitrogens is 1. The zero-order valence-corrected chi connectivity index (χ0v) is 53.8. The predicted molar refractivity (Wildman–Crippen MR) is 339 cm³/mol. The van der Waals surface area contributed by atoms with Crippen molar-refractivity contribution in [2.24, 2.45) is 0 Å². The smallest absolute Gasteiger partial charge is 0.268 e. The van der Waals surface area contributed by atoms with Gasteiger partial charge in [0.15, 0.2) is 0 Å². The third kappa shape index (κ3) is 62.3. The van der Waals surface area contributed by atoms with E-state index >= 15 is 0 Å². The van der Waals surface area contributed by atoms with Crippen molar-refractivity contribution in [2.75, 3.05) is 40.9 Å². The van der Waals surface area contributed by atoms with Gasteiger partial charge in [-0.2, -0.15) is 0 Å². The molecule has 0 radical (unpaired) electrons. The average Bonchev–Trinajstić information content (AvgIpc) is 3.41. The molecule has 0 rings (SSSR count). The van der Waals surface area contributed by atoms with Crippen molar-refractivity contribution >= 4 is 13.7 Å². The Balaban J connectivity index is 3.97. The Kier molecular flexibility index (Phi) is 59.3. The van der Waals surface area contributed by atoms with Gasteiger partial charge in [0, 0.05) is 6.42 Å².